The summed E-state index contributed by atoms with van der Waals surface area (Å²) in [5.41, 5.74) is 3.48. The third-order valence-electron chi connectivity index (χ3n) is 8.59. The van der Waals surface area contributed by atoms with Crippen LogP contribution in [-0.4, -0.2) is 66.2 Å². The lowest BCUT2D eigenvalue weighted by Crippen LogP contribution is -2.59. The van der Waals surface area contributed by atoms with Crippen molar-refractivity contribution in [1.29, 1.82) is 0 Å². The number of amides is 1. The maximum absolute atomic E-state index is 16.4. The molecule has 11 heteroatoms. The number of carbonyl (C=O) groups excluding carboxylic acids is 1. The fraction of sp³-hybridized carbons (Fsp3) is 0.333. The third kappa shape index (κ3) is 6.40. The van der Waals surface area contributed by atoms with Crippen LogP contribution in [0.5, 0.6) is 0 Å². The van der Waals surface area contributed by atoms with Crippen molar-refractivity contribution in [2.24, 2.45) is 0 Å². The van der Waals surface area contributed by atoms with Crippen LogP contribution in [0.4, 0.5) is 14.6 Å². The molecule has 3 heterocycles. The molecule has 1 fully saturated rings. The van der Waals surface area contributed by atoms with Crippen LogP contribution >= 0.6 is 0 Å². The number of anilines is 1. The van der Waals surface area contributed by atoms with Gasteiger partial charge in [-0.3, -0.25) is 14.3 Å². The van der Waals surface area contributed by atoms with Gasteiger partial charge in [0.1, 0.15) is 11.6 Å². The largest absolute Gasteiger partial charge is 0.354 e. The Hall–Kier alpha value is -4.53. The van der Waals surface area contributed by atoms with E-state index >= 15 is 4.39 Å². The number of nitrogens with zero attached hydrogens (tertiary/aromatic N) is 5. The van der Waals surface area contributed by atoms with Crippen molar-refractivity contribution in [3.63, 3.8) is 0 Å². The molecule has 2 aromatic carbocycles. The summed E-state index contributed by atoms with van der Waals surface area (Å²) in [5, 5.41) is 0.469. The van der Waals surface area contributed by atoms with E-state index in [1.54, 1.807) is 42.6 Å². The minimum atomic E-state index is -1.04. The second-order valence-electron chi connectivity index (χ2n) is 12.8. The average Bonchev–Trinajstić information content (AvgIpc) is 3.00. The Morgan fingerprint density at radius 3 is 2.28 bits per heavy atom. The number of aromatic nitrogens is 3. The molecule has 5 rings (SSSR count). The number of hydrogen-bond acceptors (Lipinski definition) is 5. The van der Waals surface area contributed by atoms with Gasteiger partial charge in [0.05, 0.1) is 32.6 Å². The summed E-state index contributed by atoms with van der Waals surface area (Å²) in [5.74, 6) is -2.09. The number of hydrogen-bond donors (Lipinski definition) is 0. The van der Waals surface area contributed by atoms with Gasteiger partial charge in [0.15, 0.2) is 5.83 Å². The highest BCUT2D eigenvalue weighted by Crippen LogP contribution is 2.38. The van der Waals surface area contributed by atoms with Gasteiger partial charge in [-0.15, -0.1) is 0 Å². The standard InChI is InChI=1S/C36H37B2F2N5O2/c1-19(2)25-12-13-41-32(20(3)4)33(25)45-30-16-27(26-11-9-8-10-24(26)14-31(37)38)29(40)15-28(30)34(42-36(45)47)44-21(5)17-43(18-22(44)6)35(46)23(7)39/h8-16,19-22H,7,17-18H2,1-6H3/t21-,22-/m0/s1. The molecule has 1 aliphatic heterocycles. The molecule has 4 radical (unpaired) electrons. The Morgan fingerprint density at radius 2 is 1.68 bits per heavy atom. The van der Waals surface area contributed by atoms with Crippen LogP contribution in [0.15, 0.2) is 71.2 Å². The highest BCUT2D eigenvalue weighted by molar-refractivity contribution is 6.50. The number of halogens is 2. The van der Waals surface area contributed by atoms with E-state index in [0.29, 0.717) is 33.4 Å². The van der Waals surface area contributed by atoms with Crippen molar-refractivity contribution < 1.29 is 13.6 Å². The number of rotatable bonds is 7. The molecule has 1 aliphatic rings. The summed E-state index contributed by atoms with van der Waals surface area (Å²) >= 11 is 0. The van der Waals surface area contributed by atoms with Crippen molar-refractivity contribution in [3.8, 4) is 16.8 Å². The van der Waals surface area contributed by atoms with E-state index in [1.807, 2.05) is 52.5 Å². The van der Waals surface area contributed by atoms with Gasteiger partial charge in [0.2, 0.25) is 0 Å². The fourth-order valence-corrected chi connectivity index (χ4v) is 6.59. The second-order valence-corrected chi connectivity index (χ2v) is 12.8. The molecular formula is C36H37B2F2N5O2. The molecule has 0 aliphatic carbocycles. The van der Waals surface area contributed by atoms with Gasteiger partial charge >= 0.3 is 5.69 Å². The molecule has 0 spiro atoms. The monoisotopic (exact) mass is 631 g/mol. The number of carbonyl (C=O) groups is 1. The molecule has 47 heavy (non-hydrogen) atoms. The summed E-state index contributed by atoms with van der Waals surface area (Å²) < 4.78 is 31.8. The molecule has 4 aromatic rings. The first kappa shape index (κ1) is 33.8. The lowest BCUT2D eigenvalue weighted by Gasteiger charge is -2.45. The SMILES string of the molecule is [B]C([B])=Cc1ccccc1-c1cc2c(cc1F)c(N1[C@@H](C)CN(C(=O)C(=C)F)C[C@@H]1C)nc(=O)n2-c1c(C(C)C)ccnc1C(C)C. The first-order valence-electron chi connectivity index (χ1n) is 15.7. The van der Waals surface area contributed by atoms with E-state index in [0.717, 1.165) is 5.56 Å². The molecule has 238 valence electrons. The molecule has 0 saturated carbocycles. The van der Waals surface area contributed by atoms with E-state index in [2.05, 4.69) is 16.5 Å². The Labute approximate surface area is 276 Å². The van der Waals surface area contributed by atoms with Gasteiger partial charge in [0, 0.05) is 42.3 Å². The van der Waals surface area contributed by atoms with Crippen molar-refractivity contribution in [1.82, 2.24) is 19.4 Å². The van der Waals surface area contributed by atoms with Gasteiger partial charge in [-0.1, -0.05) is 64.6 Å². The van der Waals surface area contributed by atoms with Crippen LogP contribution < -0.4 is 10.6 Å². The van der Waals surface area contributed by atoms with E-state index in [-0.39, 0.29) is 53.8 Å². The van der Waals surface area contributed by atoms with E-state index in [4.69, 9.17) is 15.7 Å². The van der Waals surface area contributed by atoms with Crippen molar-refractivity contribution in [2.45, 2.75) is 65.5 Å². The number of fused-ring (bicyclic) bond motifs is 1. The lowest BCUT2D eigenvalue weighted by molar-refractivity contribution is -0.129. The zero-order valence-corrected chi connectivity index (χ0v) is 27.6. The van der Waals surface area contributed by atoms with E-state index in [9.17, 15) is 14.0 Å². The van der Waals surface area contributed by atoms with Crippen molar-refractivity contribution in [3.05, 3.63) is 99.6 Å². The van der Waals surface area contributed by atoms with Crippen LogP contribution in [0.2, 0.25) is 0 Å². The van der Waals surface area contributed by atoms with Gasteiger partial charge in [-0.05, 0) is 60.6 Å². The fourth-order valence-electron chi connectivity index (χ4n) is 6.59. The van der Waals surface area contributed by atoms with E-state index in [1.165, 1.54) is 15.5 Å². The molecule has 1 saturated heterocycles. The molecule has 0 unspecified atom stereocenters. The first-order chi connectivity index (χ1) is 22.2. The smallest absolute Gasteiger partial charge is 0.347 e. The maximum atomic E-state index is 16.4. The van der Waals surface area contributed by atoms with Crippen molar-refractivity contribution >= 4 is 44.4 Å². The highest BCUT2D eigenvalue weighted by atomic mass is 19.1. The van der Waals surface area contributed by atoms with Crippen LogP contribution in [0, 0.1) is 5.82 Å². The van der Waals surface area contributed by atoms with Crippen molar-refractivity contribution in [2.75, 3.05) is 18.0 Å². The van der Waals surface area contributed by atoms with Crippen LogP contribution in [0.25, 0.3) is 33.8 Å². The molecule has 1 amide bonds. The predicted octanol–water partition coefficient (Wildman–Crippen LogP) is 6.38. The topological polar surface area (TPSA) is 71.3 Å². The zero-order valence-electron chi connectivity index (χ0n) is 27.6. The molecule has 0 bridgehead atoms. The normalized spacial score (nSPS) is 16.6. The lowest BCUT2D eigenvalue weighted by atomic mass is 9.77. The predicted molar refractivity (Wildman–Crippen MR) is 186 cm³/mol. The minimum absolute atomic E-state index is 0.0290. The zero-order chi connectivity index (χ0) is 34.3. The van der Waals surface area contributed by atoms with Crippen LogP contribution in [0.1, 0.15) is 70.2 Å². The summed E-state index contributed by atoms with van der Waals surface area (Å²) in [7, 11) is 11.6. The van der Waals surface area contributed by atoms with Gasteiger partial charge in [-0.2, -0.15) is 10.4 Å². The molecule has 7 nitrogen and oxygen atoms in total. The van der Waals surface area contributed by atoms with Gasteiger partial charge in [0.25, 0.3) is 5.91 Å². The number of piperazine rings is 1. The molecule has 2 aromatic heterocycles. The Balaban J connectivity index is 1.87. The van der Waals surface area contributed by atoms with E-state index < -0.39 is 23.2 Å². The average molecular weight is 631 g/mol. The molecular weight excluding hydrogens is 594 g/mol. The molecule has 0 N–H and O–H groups in total. The minimum Gasteiger partial charge on any atom is -0.347 e. The summed E-state index contributed by atoms with van der Waals surface area (Å²) in [6, 6.07) is 11.3. The summed E-state index contributed by atoms with van der Waals surface area (Å²) in [4.78, 5) is 39.5. The number of pyridine rings is 1. The summed E-state index contributed by atoms with van der Waals surface area (Å²) in [6.45, 7) is 15.3. The number of benzene rings is 2. The Bertz CT molecular complexity index is 1930. The Morgan fingerprint density at radius 1 is 1.02 bits per heavy atom. The maximum Gasteiger partial charge on any atom is 0.354 e. The van der Waals surface area contributed by atoms with Crippen LogP contribution in [0.3, 0.4) is 0 Å². The second kappa shape index (κ2) is 13.3. The molecule has 2 atom stereocenters. The third-order valence-corrected chi connectivity index (χ3v) is 8.59. The highest BCUT2D eigenvalue weighted by Gasteiger charge is 2.35. The van der Waals surface area contributed by atoms with Gasteiger partial charge in [-0.25, -0.2) is 13.6 Å². The summed E-state index contributed by atoms with van der Waals surface area (Å²) in [6.07, 6.45) is 3.30. The Kier molecular flexibility index (Phi) is 9.57. The quantitative estimate of drug-likeness (QED) is 0.175. The van der Waals surface area contributed by atoms with Gasteiger partial charge < -0.3 is 9.80 Å². The first-order valence-corrected chi connectivity index (χ1v) is 15.7. The van der Waals surface area contributed by atoms with Crippen LogP contribution in [-0.2, 0) is 4.79 Å².